The molecule has 2 rings (SSSR count). The molecule has 4 nitrogen and oxygen atoms in total. The van der Waals surface area contributed by atoms with E-state index in [-0.39, 0.29) is 5.91 Å². The van der Waals surface area contributed by atoms with Gasteiger partial charge in [0.25, 0.3) is 5.91 Å². The standard InChI is InChI=1S/C22H29NO3/c1-15(2)20-8-6-7-9-21(20)25-13-12-23-22(24)18(5)26-19-11-10-16(3)17(4)14-19/h6-11,14-15,18H,12-13H2,1-5H3,(H,23,24)/t18-/m1/s1. The molecule has 0 radical (unpaired) electrons. The number of aryl methyl sites for hydroxylation is 2. The summed E-state index contributed by atoms with van der Waals surface area (Å²) in [6.45, 7) is 11.0. The Balaban J connectivity index is 1.78. The molecular weight excluding hydrogens is 326 g/mol. The fraction of sp³-hybridized carbons (Fsp3) is 0.409. The van der Waals surface area contributed by atoms with Gasteiger partial charge in [-0.25, -0.2) is 0 Å². The van der Waals surface area contributed by atoms with E-state index in [9.17, 15) is 4.79 Å². The zero-order valence-electron chi connectivity index (χ0n) is 16.3. The molecule has 4 heteroatoms. The van der Waals surface area contributed by atoms with Gasteiger partial charge in [-0.2, -0.15) is 0 Å². The quantitative estimate of drug-likeness (QED) is 0.715. The molecule has 1 amide bonds. The lowest BCUT2D eigenvalue weighted by Gasteiger charge is -2.17. The van der Waals surface area contributed by atoms with Gasteiger partial charge in [-0.1, -0.05) is 38.1 Å². The summed E-state index contributed by atoms with van der Waals surface area (Å²) in [6, 6.07) is 13.8. The van der Waals surface area contributed by atoms with Crippen molar-refractivity contribution in [3.05, 3.63) is 59.2 Å². The molecular formula is C22H29NO3. The van der Waals surface area contributed by atoms with Crippen LogP contribution >= 0.6 is 0 Å². The van der Waals surface area contributed by atoms with Crippen LogP contribution in [0.5, 0.6) is 11.5 Å². The van der Waals surface area contributed by atoms with Crippen LogP contribution in [0.1, 0.15) is 43.4 Å². The maximum atomic E-state index is 12.2. The minimum absolute atomic E-state index is 0.149. The summed E-state index contributed by atoms with van der Waals surface area (Å²) in [5.74, 6) is 1.82. The van der Waals surface area contributed by atoms with Gasteiger partial charge in [-0.15, -0.1) is 0 Å². The largest absolute Gasteiger partial charge is 0.491 e. The average molecular weight is 355 g/mol. The summed E-state index contributed by atoms with van der Waals surface area (Å²) < 4.78 is 11.5. The minimum Gasteiger partial charge on any atom is -0.491 e. The number of ether oxygens (including phenoxy) is 2. The molecule has 1 N–H and O–H groups in total. The van der Waals surface area contributed by atoms with Crippen molar-refractivity contribution in [2.24, 2.45) is 0 Å². The van der Waals surface area contributed by atoms with Crippen LogP contribution in [0.25, 0.3) is 0 Å². The highest BCUT2D eigenvalue weighted by atomic mass is 16.5. The van der Waals surface area contributed by atoms with Gasteiger partial charge < -0.3 is 14.8 Å². The highest BCUT2D eigenvalue weighted by molar-refractivity contribution is 5.80. The Labute approximate surface area is 156 Å². The van der Waals surface area contributed by atoms with Crippen molar-refractivity contribution in [1.29, 1.82) is 0 Å². The van der Waals surface area contributed by atoms with Crippen LogP contribution < -0.4 is 14.8 Å². The second-order valence-electron chi connectivity index (χ2n) is 6.84. The summed E-state index contributed by atoms with van der Waals surface area (Å²) in [5.41, 5.74) is 3.52. The average Bonchev–Trinajstić information content (AvgIpc) is 2.61. The van der Waals surface area contributed by atoms with Gasteiger partial charge >= 0.3 is 0 Å². The van der Waals surface area contributed by atoms with Crippen molar-refractivity contribution in [2.75, 3.05) is 13.2 Å². The van der Waals surface area contributed by atoms with Crippen LogP contribution in [0.2, 0.25) is 0 Å². The van der Waals surface area contributed by atoms with Crippen molar-refractivity contribution in [2.45, 2.75) is 46.6 Å². The van der Waals surface area contributed by atoms with E-state index in [1.165, 1.54) is 11.1 Å². The minimum atomic E-state index is -0.556. The highest BCUT2D eigenvalue weighted by Gasteiger charge is 2.14. The number of carbonyl (C=O) groups is 1. The lowest BCUT2D eigenvalue weighted by Crippen LogP contribution is -2.38. The van der Waals surface area contributed by atoms with Crippen molar-refractivity contribution in [3.8, 4) is 11.5 Å². The van der Waals surface area contributed by atoms with Crippen LogP contribution in [0.15, 0.2) is 42.5 Å². The van der Waals surface area contributed by atoms with Crippen LogP contribution in [-0.4, -0.2) is 25.2 Å². The Hall–Kier alpha value is -2.49. The van der Waals surface area contributed by atoms with Crippen molar-refractivity contribution < 1.29 is 14.3 Å². The maximum Gasteiger partial charge on any atom is 0.260 e. The van der Waals surface area contributed by atoms with Gasteiger partial charge in [0.2, 0.25) is 0 Å². The number of amides is 1. The van der Waals surface area contributed by atoms with Gasteiger partial charge in [-0.05, 0) is 61.6 Å². The molecule has 2 aromatic carbocycles. The Bertz CT molecular complexity index is 740. The molecule has 0 aliphatic heterocycles. The van der Waals surface area contributed by atoms with Gasteiger partial charge in [0, 0.05) is 0 Å². The van der Waals surface area contributed by atoms with E-state index in [1.807, 2.05) is 50.2 Å². The van der Waals surface area contributed by atoms with E-state index in [4.69, 9.17) is 9.47 Å². The zero-order valence-corrected chi connectivity index (χ0v) is 16.3. The number of benzene rings is 2. The second-order valence-corrected chi connectivity index (χ2v) is 6.84. The van der Waals surface area contributed by atoms with Crippen LogP contribution in [0.4, 0.5) is 0 Å². The molecule has 0 bridgehead atoms. The van der Waals surface area contributed by atoms with Crippen molar-refractivity contribution in [1.82, 2.24) is 5.32 Å². The molecule has 140 valence electrons. The van der Waals surface area contributed by atoms with Crippen LogP contribution in [-0.2, 0) is 4.79 Å². The summed E-state index contributed by atoms with van der Waals surface area (Å²) in [4.78, 5) is 12.2. The fourth-order valence-electron chi connectivity index (χ4n) is 2.61. The van der Waals surface area contributed by atoms with Crippen molar-refractivity contribution >= 4 is 5.91 Å². The van der Waals surface area contributed by atoms with Gasteiger partial charge in [0.1, 0.15) is 18.1 Å². The van der Waals surface area contributed by atoms with Crippen molar-refractivity contribution in [3.63, 3.8) is 0 Å². The molecule has 0 aliphatic carbocycles. The van der Waals surface area contributed by atoms with Crippen LogP contribution in [0.3, 0.4) is 0 Å². The molecule has 0 saturated carbocycles. The van der Waals surface area contributed by atoms with Gasteiger partial charge in [0.05, 0.1) is 6.54 Å². The smallest absolute Gasteiger partial charge is 0.260 e. The lowest BCUT2D eigenvalue weighted by molar-refractivity contribution is -0.127. The normalized spacial score (nSPS) is 11.9. The molecule has 0 unspecified atom stereocenters. The predicted molar refractivity (Wildman–Crippen MR) is 105 cm³/mol. The number of hydrogen-bond donors (Lipinski definition) is 1. The number of nitrogens with one attached hydrogen (secondary N) is 1. The molecule has 0 heterocycles. The number of rotatable bonds is 8. The lowest BCUT2D eigenvalue weighted by atomic mass is 10.0. The van der Waals surface area contributed by atoms with E-state index >= 15 is 0 Å². The fourth-order valence-corrected chi connectivity index (χ4v) is 2.61. The SMILES string of the molecule is Cc1ccc(O[C@H](C)C(=O)NCCOc2ccccc2C(C)C)cc1C. The Morgan fingerprint density at radius 3 is 2.46 bits per heavy atom. The Morgan fingerprint density at radius 2 is 1.77 bits per heavy atom. The third-order valence-corrected chi connectivity index (χ3v) is 4.36. The first-order valence-corrected chi connectivity index (χ1v) is 9.12. The maximum absolute atomic E-state index is 12.2. The molecule has 0 spiro atoms. The summed E-state index contributed by atoms with van der Waals surface area (Å²) in [6.07, 6.45) is -0.556. The number of hydrogen-bond acceptors (Lipinski definition) is 3. The topological polar surface area (TPSA) is 47.6 Å². The highest BCUT2D eigenvalue weighted by Crippen LogP contribution is 2.25. The monoisotopic (exact) mass is 355 g/mol. The molecule has 0 saturated heterocycles. The summed E-state index contributed by atoms with van der Waals surface area (Å²) in [7, 11) is 0. The van der Waals surface area contributed by atoms with E-state index in [2.05, 4.69) is 25.2 Å². The number of carbonyl (C=O) groups excluding carboxylic acids is 1. The van der Waals surface area contributed by atoms with E-state index in [0.29, 0.717) is 24.8 Å². The zero-order chi connectivity index (χ0) is 19.1. The first-order valence-electron chi connectivity index (χ1n) is 9.12. The molecule has 0 aliphatic rings. The molecule has 1 atom stereocenters. The molecule has 2 aromatic rings. The third kappa shape index (κ3) is 5.51. The summed E-state index contributed by atoms with van der Waals surface area (Å²) in [5, 5.41) is 2.86. The first-order chi connectivity index (χ1) is 12.4. The molecule has 26 heavy (non-hydrogen) atoms. The van der Waals surface area contributed by atoms with Gasteiger partial charge in [-0.3, -0.25) is 4.79 Å². The molecule has 0 fully saturated rings. The van der Waals surface area contributed by atoms with E-state index < -0.39 is 6.10 Å². The van der Waals surface area contributed by atoms with Crippen LogP contribution in [0, 0.1) is 13.8 Å². The first kappa shape index (κ1) is 19.8. The Kier molecular flexibility index (Phi) is 7.07. The Morgan fingerprint density at radius 1 is 1.04 bits per heavy atom. The van der Waals surface area contributed by atoms with E-state index in [0.717, 1.165) is 11.3 Å². The second kappa shape index (κ2) is 9.27. The number of para-hydroxylation sites is 1. The predicted octanol–water partition coefficient (Wildman–Crippen LogP) is 4.39. The summed E-state index contributed by atoms with van der Waals surface area (Å²) >= 11 is 0. The molecule has 0 aromatic heterocycles. The van der Waals surface area contributed by atoms with Gasteiger partial charge in [0.15, 0.2) is 6.10 Å². The van der Waals surface area contributed by atoms with E-state index in [1.54, 1.807) is 6.92 Å². The third-order valence-electron chi connectivity index (χ3n) is 4.36.